The van der Waals surface area contributed by atoms with E-state index >= 15 is 0 Å². The van der Waals surface area contributed by atoms with Crippen molar-refractivity contribution >= 4 is 0 Å². The first-order valence-corrected chi connectivity index (χ1v) is 5.87. The van der Waals surface area contributed by atoms with E-state index in [9.17, 15) is 13.2 Å². The molecule has 0 saturated heterocycles. The van der Waals surface area contributed by atoms with E-state index in [0.717, 1.165) is 5.56 Å². The molecule has 1 nitrogen and oxygen atoms in total. The van der Waals surface area contributed by atoms with Crippen molar-refractivity contribution in [3.63, 3.8) is 0 Å². The van der Waals surface area contributed by atoms with Crippen molar-refractivity contribution in [1.82, 2.24) is 0 Å². The number of benzene rings is 1. The second-order valence-electron chi connectivity index (χ2n) is 4.77. The van der Waals surface area contributed by atoms with Gasteiger partial charge in [0.2, 0.25) is 5.92 Å². The van der Waals surface area contributed by atoms with E-state index in [1.54, 1.807) is 12.1 Å². The second kappa shape index (κ2) is 4.69. The third kappa shape index (κ3) is 3.00. The molecule has 1 saturated carbocycles. The minimum absolute atomic E-state index is 0.0695. The maximum Gasteiger partial charge on any atom is 0.248 e. The first kappa shape index (κ1) is 12.4. The molecule has 1 unspecified atom stereocenters. The van der Waals surface area contributed by atoms with Crippen LogP contribution in [-0.2, 0) is 0 Å². The minimum Gasteiger partial charge on any atom is -0.324 e. The Morgan fingerprint density at radius 1 is 1.12 bits per heavy atom. The maximum absolute atomic E-state index is 13.0. The average Bonchev–Trinajstić information content (AvgIpc) is 2.29. The number of hydrogen-bond acceptors (Lipinski definition) is 1. The van der Waals surface area contributed by atoms with Crippen molar-refractivity contribution in [3.05, 3.63) is 35.6 Å². The summed E-state index contributed by atoms with van der Waals surface area (Å²) in [5, 5.41) is 0. The fourth-order valence-electron chi connectivity index (χ4n) is 2.38. The Labute approximate surface area is 98.8 Å². The molecule has 0 bridgehead atoms. The maximum atomic E-state index is 13.0. The average molecular weight is 243 g/mol. The molecule has 0 aliphatic heterocycles. The van der Waals surface area contributed by atoms with Crippen LogP contribution in [0.3, 0.4) is 0 Å². The van der Waals surface area contributed by atoms with Gasteiger partial charge in [-0.1, -0.05) is 12.1 Å². The fourth-order valence-corrected chi connectivity index (χ4v) is 2.38. The standard InChI is InChI=1S/C13H16F3N/c14-11-3-1-9(2-4-11)12(17)10-5-7-13(15,16)8-6-10/h1-4,10,12H,5-8,17H2. The minimum atomic E-state index is -2.53. The molecule has 17 heavy (non-hydrogen) atoms. The van der Waals surface area contributed by atoms with Gasteiger partial charge in [0, 0.05) is 18.9 Å². The largest absolute Gasteiger partial charge is 0.324 e. The quantitative estimate of drug-likeness (QED) is 0.843. The molecule has 2 N–H and O–H groups in total. The molecule has 1 aromatic rings. The summed E-state index contributed by atoms with van der Waals surface area (Å²) in [5.41, 5.74) is 6.86. The van der Waals surface area contributed by atoms with Gasteiger partial charge in [0.25, 0.3) is 0 Å². The Hall–Kier alpha value is -1.03. The van der Waals surface area contributed by atoms with Gasteiger partial charge in [-0.15, -0.1) is 0 Å². The van der Waals surface area contributed by atoms with Gasteiger partial charge >= 0.3 is 0 Å². The highest BCUT2D eigenvalue weighted by Crippen LogP contribution is 2.40. The molecule has 4 heteroatoms. The van der Waals surface area contributed by atoms with Crippen LogP contribution in [0.25, 0.3) is 0 Å². The van der Waals surface area contributed by atoms with Crippen molar-refractivity contribution in [2.45, 2.75) is 37.6 Å². The smallest absolute Gasteiger partial charge is 0.248 e. The molecule has 94 valence electrons. The summed E-state index contributed by atoms with van der Waals surface area (Å²) < 4.78 is 38.8. The predicted molar refractivity (Wildman–Crippen MR) is 60.2 cm³/mol. The van der Waals surface area contributed by atoms with Crippen LogP contribution >= 0.6 is 0 Å². The van der Waals surface area contributed by atoms with Crippen LogP contribution in [0.4, 0.5) is 13.2 Å². The topological polar surface area (TPSA) is 26.0 Å². The van der Waals surface area contributed by atoms with Crippen LogP contribution in [0.2, 0.25) is 0 Å². The van der Waals surface area contributed by atoms with E-state index in [2.05, 4.69) is 0 Å². The van der Waals surface area contributed by atoms with Crippen molar-refractivity contribution in [3.8, 4) is 0 Å². The summed E-state index contributed by atoms with van der Waals surface area (Å²) >= 11 is 0. The third-order valence-corrected chi connectivity index (χ3v) is 3.52. The van der Waals surface area contributed by atoms with Crippen molar-refractivity contribution in [1.29, 1.82) is 0 Å². The Morgan fingerprint density at radius 3 is 2.18 bits per heavy atom. The van der Waals surface area contributed by atoms with Crippen LogP contribution in [-0.4, -0.2) is 5.92 Å². The molecule has 1 atom stereocenters. The molecule has 1 fully saturated rings. The fraction of sp³-hybridized carbons (Fsp3) is 0.538. The molecule has 1 aliphatic carbocycles. The van der Waals surface area contributed by atoms with Crippen molar-refractivity contribution in [2.24, 2.45) is 11.7 Å². The summed E-state index contributed by atoms with van der Waals surface area (Å²) in [6.07, 6.45) is 0.691. The molecule has 0 amide bonds. The van der Waals surface area contributed by atoms with Gasteiger partial charge in [-0.05, 0) is 36.5 Å². The normalized spacial score (nSPS) is 22.4. The summed E-state index contributed by atoms with van der Waals surface area (Å²) in [7, 11) is 0. The number of alkyl halides is 2. The summed E-state index contributed by atoms with van der Waals surface area (Å²) in [4.78, 5) is 0. The Morgan fingerprint density at radius 2 is 1.65 bits per heavy atom. The molecular formula is C13H16F3N. The Kier molecular flexibility index (Phi) is 3.43. The summed E-state index contributed by atoms with van der Waals surface area (Å²) in [5.74, 6) is -2.77. The zero-order chi connectivity index (χ0) is 12.5. The van der Waals surface area contributed by atoms with Crippen LogP contribution in [0.15, 0.2) is 24.3 Å². The molecular weight excluding hydrogens is 227 g/mol. The van der Waals surface area contributed by atoms with Crippen molar-refractivity contribution in [2.75, 3.05) is 0 Å². The van der Waals surface area contributed by atoms with Gasteiger partial charge in [0.1, 0.15) is 5.82 Å². The lowest BCUT2D eigenvalue weighted by Gasteiger charge is -2.32. The zero-order valence-corrected chi connectivity index (χ0v) is 9.50. The first-order valence-electron chi connectivity index (χ1n) is 5.87. The van der Waals surface area contributed by atoms with E-state index in [1.165, 1.54) is 12.1 Å². The molecule has 1 aliphatic rings. The Bertz CT molecular complexity index is 365. The van der Waals surface area contributed by atoms with Gasteiger partial charge in [-0.3, -0.25) is 0 Å². The zero-order valence-electron chi connectivity index (χ0n) is 9.50. The monoisotopic (exact) mass is 243 g/mol. The van der Waals surface area contributed by atoms with Crippen molar-refractivity contribution < 1.29 is 13.2 Å². The third-order valence-electron chi connectivity index (χ3n) is 3.52. The van der Waals surface area contributed by atoms with Gasteiger partial charge in [-0.25, -0.2) is 13.2 Å². The summed E-state index contributed by atoms with van der Waals surface area (Å²) in [6, 6.07) is 5.70. The SMILES string of the molecule is NC(c1ccc(F)cc1)C1CCC(F)(F)CC1. The van der Waals surface area contributed by atoms with Crippen LogP contribution < -0.4 is 5.73 Å². The lowest BCUT2D eigenvalue weighted by molar-refractivity contribution is -0.0483. The summed E-state index contributed by atoms with van der Waals surface area (Å²) in [6.45, 7) is 0. The molecule has 0 aromatic heterocycles. The number of halogens is 3. The molecule has 0 spiro atoms. The van der Waals surface area contributed by atoms with Gasteiger partial charge < -0.3 is 5.73 Å². The highest BCUT2D eigenvalue weighted by molar-refractivity contribution is 5.20. The Balaban J connectivity index is 2.01. The van der Waals surface area contributed by atoms with Gasteiger partial charge in [0.15, 0.2) is 0 Å². The number of rotatable bonds is 2. The van der Waals surface area contributed by atoms with Crippen LogP contribution in [0, 0.1) is 11.7 Å². The van der Waals surface area contributed by atoms with E-state index in [-0.39, 0.29) is 30.6 Å². The first-order chi connectivity index (χ1) is 7.98. The highest BCUT2D eigenvalue weighted by Gasteiger charge is 2.36. The van der Waals surface area contributed by atoms with Crippen LogP contribution in [0.1, 0.15) is 37.3 Å². The molecule has 0 heterocycles. The number of hydrogen-bond donors (Lipinski definition) is 1. The number of nitrogens with two attached hydrogens (primary N) is 1. The molecule has 0 radical (unpaired) electrons. The second-order valence-corrected chi connectivity index (χ2v) is 4.77. The van der Waals surface area contributed by atoms with Crippen LogP contribution in [0.5, 0.6) is 0 Å². The lowest BCUT2D eigenvalue weighted by atomic mass is 9.80. The van der Waals surface area contributed by atoms with Gasteiger partial charge in [-0.2, -0.15) is 0 Å². The molecule has 2 rings (SSSR count). The molecule has 1 aromatic carbocycles. The lowest BCUT2D eigenvalue weighted by Crippen LogP contribution is -2.30. The van der Waals surface area contributed by atoms with E-state index < -0.39 is 5.92 Å². The van der Waals surface area contributed by atoms with E-state index in [1.807, 2.05) is 0 Å². The van der Waals surface area contributed by atoms with Gasteiger partial charge in [0.05, 0.1) is 0 Å². The predicted octanol–water partition coefficient (Wildman–Crippen LogP) is 3.65. The van der Waals surface area contributed by atoms with E-state index in [0.29, 0.717) is 12.8 Å². The highest BCUT2D eigenvalue weighted by atomic mass is 19.3. The van der Waals surface area contributed by atoms with E-state index in [4.69, 9.17) is 5.73 Å².